The molecule has 7 heteroatoms. The summed E-state index contributed by atoms with van der Waals surface area (Å²) in [6.45, 7) is 4.22. The van der Waals surface area contributed by atoms with Gasteiger partial charge in [0.25, 0.3) is 5.69 Å². The van der Waals surface area contributed by atoms with E-state index in [1.807, 2.05) is 13.8 Å². The van der Waals surface area contributed by atoms with Crippen molar-refractivity contribution in [2.45, 2.75) is 20.3 Å². The van der Waals surface area contributed by atoms with E-state index in [0.29, 0.717) is 13.0 Å². The molecule has 0 aliphatic heterocycles. The molecule has 0 unspecified atom stereocenters. The second kappa shape index (κ2) is 6.33. The number of nitrogens with one attached hydrogen (secondary N) is 1. The maximum absolute atomic E-state index is 10.9. The first-order chi connectivity index (χ1) is 9.26. The molecule has 0 amide bonds. The molecule has 1 rings (SSSR count). The summed E-state index contributed by atoms with van der Waals surface area (Å²) in [4.78, 5) is 21.3. The van der Waals surface area contributed by atoms with Crippen molar-refractivity contribution in [1.82, 2.24) is 0 Å². The van der Waals surface area contributed by atoms with Crippen LogP contribution in [-0.2, 0) is 0 Å². The Bertz CT molecular complexity index is 513. The molecule has 0 saturated carbocycles. The highest BCUT2D eigenvalue weighted by molar-refractivity contribution is 5.90. The van der Waals surface area contributed by atoms with Gasteiger partial charge < -0.3 is 15.5 Å². The third kappa shape index (κ3) is 4.20. The minimum atomic E-state index is -1.14. The minimum absolute atomic E-state index is 0.0157. The third-order valence-electron chi connectivity index (χ3n) is 2.99. The number of aromatic carboxylic acids is 1. The van der Waals surface area contributed by atoms with Crippen molar-refractivity contribution in [3.63, 3.8) is 0 Å². The predicted octanol–water partition coefficient (Wildman–Crippen LogP) is 2.11. The number of aliphatic hydroxyl groups is 1. The quantitative estimate of drug-likeness (QED) is 0.521. The van der Waals surface area contributed by atoms with Crippen LogP contribution in [0, 0.1) is 15.5 Å². The zero-order chi connectivity index (χ0) is 15.3. The fourth-order valence-corrected chi connectivity index (χ4v) is 1.70. The fourth-order valence-electron chi connectivity index (χ4n) is 1.70. The largest absolute Gasteiger partial charge is 0.478 e. The molecule has 0 aliphatic rings. The zero-order valence-electron chi connectivity index (χ0n) is 11.4. The average molecular weight is 282 g/mol. The lowest BCUT2D eigenvalue weighted by molar-refractivity contribution is -0.384. The van der Waals surface area contributed by atoms with Gasteiger partial charge in [0.15, 0.2) is 0 Å². The number of carboxylic acids is 1. The first-order valence-corrected chi connectivity index (χ1v) is 6.13. The van der Waals surface area contributed by atoms with E-state index in [-0.39, 0.29) is 29.0 Å². The van der Waals surface area contributed by atoms with Crippen molar-refractivity contribution in [1.29, 1.82) is 0 Å². The Labute approximate surface area is 116 Å². The number of benzene rings is 1. The van der Waals surface area contributed by atoms with Gasteiger partial charge >= 0.3 is 5.97 Å². The third-order valence-corrected chi connectivity index (χ3v) is 2.99. The number of hydrogen-bond donors (Lipinski definition) is 3. The molecule has 0 fully saturated rings. The Balaban J connectivity index is 2.99. The Morgan fingerprint density at radius 2 is 2.10 bits per heavy atom. The van der Waals surface area contributed by atoms with Gasteiger partial charge in [0.05, 0.1) is 10.5 Å². The summed E-state index contributed by atoms with van der Waals surface area (Å²) in [6, 6.07) is 3.62. The normalized spacial score (nSPS) is 11.2. The molecule has 0 radical (unpaired) electrons. The van der Waals surface area contributed by atoms with Crippen LogP contribution in [0.3, 0.4) is 0 Å². The number of nitro benzene ring substituents is 1. The van der Waals surface area contributed by atoms with Crippen LogP contribution in [0.2, 0.25) is 0 Å². The van der Waals surface area contributed by atoms with Crippen molar-refractivity contribution >= 4 is 17.3 Å². The highest BCUT2D eigenvalue weighted by Gasteiger charge is 2.21. The molecule has 1 aromatic rings. The van der Waals surface area contributed by atoms with Crippen molar-refractivity contribution in [3.8, 4) is 0 Å². The summed E-state index contributed by atoms with van der Waals surface area (Å²) in [5, 5.41) is 31.7. The standard InChI is InChI=1S/C13H18N2O5/c1-13(2,5-6-16)8-14-10-7-9(12(17)18)3-4-11(10)15(19)20/h3-4,7,14,16H,5-6,8H2,1-2H3,(H,17,18). The molecular weight excluding hydrogens is 264 g/mol. The number of hydrogen-bond acceptors (Lipinski definition) is 5. The Morgan fingerprint density at radius 3 is 2.60 bits per heavy atom. The highest BCUT2D eigenvalue weighted by atomic mass is 16.6. The molecule has 110 valence electrons. The highest BCUT2D eigenvalue weighted by Crippen LogP contribution is 2.28. The van der Waals surface area contributed by atoms with Gasteiger partial charge in [-0.15, -0.1) is 0 Å². The van der Waals surface area contributed by atoms with Crippen molar-refractivity contribution in [2.75, 3.05) is 18.5 Å². The lowest BCUT2D eigenvalue weighted by Crippen LogP contribution is -2.24. The van der Waals surface area contributed by atoms with E-state index < -0.39 is 10.9 Å². The molecular formula is C13H18N2O5. The average Bonchev–Trinajstić information content (AvgIpc) is 2.35. The van der Waals surface area contributed by atoms with Gasteiger partial charge in [0.1, 0.15) is 5.69 Å². The van der Waals surface area contributed by atoms with Gasteiger partial charge in [-0.25, -0.2) is 4.79 Å². The van der Waals surface area contributed by atoms with Gasteiger partial charge in [-0.3, -0.25) is 10.1 Å². The number of nitro groups is 1. The van der Waals surface area contributed by atoms with Gasteiger partial charge in [-0.1, -0.05) is 13.8 Å². The summed E-state index contributed by atoms with van der Waals surface area (Å²) in [6.07, 6.45) is 0.534. The smallest absolute Gasteiger partial charge is 0.335 e. The van der Waals surface area contributed by atoms with Crippen LogP contribution in [-0.4, -0.2) is 34.3 Å². The van der Waals surface area contributed by atoms with Gasteiger partial charge in [0.2, 0.25) is 0 Å². The lowest BCUT2D eigenvalue weighted by Gasteiger charge is -2.24. The summed E-state index contributed by atoms with van der Waals surface area (Å²) in [5.74, 6) is -1.14. The van der Waals surface area contributed by atoms with Crippen LogP contribution in [0.5, 0.6) is 0 Å². The molecule has 0 aliphatic carbocycles. The Kier molecular flexibility index (Phi) is 5.04. The molecule has 0 aromatic heterocycles. The van der Waals surface area contributed by atoms with Crippen LogP contribution in [0.25, 0.3) is 0 Å². The van der Waals surface area contributed by atoms with E-state index in [4.69, 9.17) is 10.2 Å². The van der Waals surface area contributed by atoms with Crippen LogP contribution < -0.4 is 5.32 Å². The number of carbonyl (C=O) groups is 1. The summed E-state index contributed by atoms with van der Waals surface area (Å²) < 4.78 is 0. The van der Waals surface area contributed by atoms with E-state index in [0.717, 1.165) is 0 Å². The zero-order valence-corrected chi connectivity index (χ0v) is 11.4. The maximum Gasteiger partial charge on any atom is 0.335 e. The Hall–Kier alpha value is -2.15. The molecule has 0 bridgehead atoms. The number of carboxylic acid groups (broad SMARTS) is 1. The van der Waals surface area contributed by atoms with Gasteiger partial charge in [-0.2, -0.15) is 0 Å². The predicted molar refractivity (Wildman–Crippen MR) is 74.0 cm³/mol. The van der Waals surface area contributed by atoms with Crippen LogP contribution in [0.4, 0.5) is 11.4 Å². The maximum atomic E-state index is 10.9. The monoisotopic (exact) mass is 282 g/mol. The molecule has 1 aromatic carbocycles. The topological polar surface area (TPSA) is 113 Å². The molecule has 7 nitrogen and oxygen atoms in total. The van der Waals surface area contributed by atoms with Gasteiger partial charge in [0, 0.05) is 19.2 Å². The number of rotatable bonds is 7. The van der Waals surface area contributed by atoms with E-state index in [1.54, 1.807) is 0 Å². The van der Waals surface area contributed by atoms with Crippen molar-refractivity contribution in [2.24, 2.45) is 5.41 Å². The lowest BCUT2D eigenvalue weighted by atomic mass is 9.89. The molecule has 20 heavy (non-hydrogen) atoms. The van der Waals surface area contributed by atoms with E-state index in [9.17, 15) is 14.9 Å². The first kappa shape index (κ1) is 15.9. The Morgan fingerprint density at radius 1 is 1.45 bits per heavy atom. The molecule has 3 N–H and O–H groups in total. The molecule has 0 spiro atoms. The minimum Gasteiger partial charge on any atom is -0.478 e. The van der Waals surface area contributed by atoms with Crippen LogP contribution in [0.15, 0.2) is 18.2 Å². The van der Waals surface area contributed by atoms with E-state index in [1.165, 1.54) is 18.2 Å². The fraction of sp³-hybridized carbons (Fsp3) is 0.462. The van der Waals surface area contributed by atoms with Crippen LogP contribution in [0.1, 0.15) is 30.6 Å². The van der Waals surface area contributed by atoms with E-state index in [2.05, 4.69) is 5.32 Å². The SMILES string of the molecule is CC(C)(CCO)CNc1cc(C(=O)O)ccc1[N+](=O)[O-]. The van der Waals surface area contributed by atoms with Crippen LogP contribution >= 0.6 is 0 Å². The number of nitrogens with zero attached hydrogens (tertiary/aromatic N) is 1. The summed E-state index contributed by atoms with van der Waals surface area (Å²) >= 11 is 0. The first-order valence-electron chi connectivity index (χ1n) is 6.13. The summed E-state index contributed by atoms with van der Waals surface area (Å²) in [5.41, 5.74) is -0.282. The second-order valence-corrected chi connectivity index (χ2v) is 5.29. The van der Waals surface area contributed by atoms with Gasteiger partial charge in [-0.05, 0) is 24.0 Å². The second-order valence-electron chi connectivity index (χ2n) is 5.29. The summed E-state index contributed by atoms with van der Waals surface area (Å²) in [7, 11) is 0. The van der Waals surface area contributed by atoms with E-state index >= 15 is 0 Å². The molecule has 0 heterocycles. The van der Waals surface area contributed by atoms with Crippen molar-refractivity contribution in [3.05, 3.63) is 33.9 Å². The number of anilines is 1. The molecule has 0 saturated heterocycles. The molecule has 0 atom stereocenters. The van der Waals surface area contributed by atoms with Crippen molar-refractivity contribution < 1.29 is 19.9 Å². The number of aliphatic hydroxyl groups excluding tert-OH is 1.